The first-order chi connectivity index (χ1) is 6.86. The predicted molar refractivity (Wildman–Crippen MR) is 55.6 cm³/mol. The Labute approximate surface area is 83.6 Å². The first kappa shape index (κ1) is 10.9. The summed E-state index contributed by atoms with van der Waals surface area (Å²) in [6.45, 7) is 2.35. The largest absolute Gasteiger partial charge is 0.383 e. The average Bonchev–Trinajstić information content (AvgIpc) is 2.25. The van der Waals surface area contributed by atoms with Crippen LogP contribution in [0.4, 0.5) is 5.82 Å². The van der Waals surface area contributed by atoms with E-state index in [-0.39, 0.29) is 0 Å². The molecule has 0 saturated carbocycles. The highest BCUT2D eigenvalue weighted by Crippen LogP contribution is 2.02. The highest BCUT2D eigenvalue weighted by Gasteiger charge is 1.93. The van der Waals surface area contributed by atoms with E-state index in [1.165, 1.54) is 0 Å². The fourth-order valence-electron chi connectivity index (χ4n) is 1.02. The van der Waals surface area contributed by atoms with Crippen molar-refractivity contribution in [1.82, 2.24) is 10.3 Å². The lowest BCUT2D eigenvalue weighted by molar-refractivity contribution is 0.199. The van der Waals surface area contributed by atoms with Gasteiger partial charge in [0.05, 0.1) is 6.61 Å². The molecule has 1 heterocycles. The number of nitrogens with two attached hydrogens (primary N) is 1. The second-order valence-electron chi connectivity index (χ2n) is 2.87. The number of ether oxygens (including phenoxy) is 1. The van der Waals surface area contributed by atoms with E-state index < -0.39 is 0 Å². The van der Waals surface area contributed by atoms with Crippen molar-refractivity contribution in [2.75, 3.05) is 25.7 Å². The Morgan fingerprint density at radius 2 is 2.36 bits per heavy atom. The van der Waals surface area contributed by atoms with Crippen LogP contribution in [0.25, 0.3) is 0 Å². The van der Waals surface area contributed by atoms with Gasteiger partial charge in [0.25, 0.3) is 0 Å². The number of pyridine rings is 1. The lowest BCUT2D eigenvalue weighted by Gasteiger charge is -2.04. The Morgan fingerprint density at radius 3 is 2.93 bits per heavy atom. The maximum Gasteiger partial charge on any atom is 0.139 e. The molecule has 0 aliphatic heterocycles. The standard InChI is InChI=1S/C9H16N4O/c1-14-5-4-11-6-8-2-3-9(13-10)12-7-8/h2-3,7,11H,4-6,10H2,1H3,(H,12,13). The summed E-state index contributed by atoms with van der Waals surface area (Å²) in [4.78, 5) is 4.09. The first-order valence-corrected chi connectivity index (χ1v) is 4.48. The zero-order valence-corrected chi connectivity index (χ0v) is 8.29. The molecule has 0 aromatic carbocycles. The SMILES string of the molecule is COCCNCc1ccc(NN)nc1. The van der Waals surface area contributed by atoms with Gasteiger partial charge in [-0.25, -0.2) is 10.8 Å². The summed E-state index contributed by atoms with van der Waals surface area (Å²) in [5, 5.41) is 3.22. The minimum atomic E-state index is 0.672. The molecule has 1 aromatic rings. The Hall–Kier alpha value is -1.17. The zero-order chi connectivity index (χ0) is 10.2. The van der Waals surface area contributed by atoms with Crippen molar-refractivity contribution in [2.24, 2.45) is 5.84 Å². The van der Waals surface area contributed by atoms with Gasteiger partial charge in [-0.3, -0.25) is 0 Å². The van der Waals surface area contributed by atoms with E-state index in [4.69, 9.17) is 10.6 Å². The van der Waals surface area contributed by atoms with Crippen molar-refractivity contribution >= 4 is 5.82 Å². The summed E-state index contributed by atoms with van der Waals surface area (Å²) in [5.41, 5.74) is 3.60. The van der Waals surface area contributed by atoms with Crippen LogP contribution in [0.3, 0.4) is 0 Å². The van der Waals surface area contributed by atoms with E-state index in [0.717, 1.165) is 25.3 Å². The number of nitrogens with one attached hydrogen (secondary N) is 2. The van der Waals surface area contributed by atoms with E-state index >= 15 is 0 Å². The minimum Gasteiger partial charge on any atom is -0.383 e. The third kappa shape index (κ3) is 3.69. The highest BCUT2D eigenvalue weighted by atomic mass is 16.5. The summed E-state index contributed by atoms with van der Waals surface area (Å²) in [6.07, 6.45) is 1.79. The second-order valence-corrected chi connectivity index (χ2v) is 2.87. The van der Waals surface area contributed by atoms with Gasteiger partial charge in [0.1, 0.15) is 5.82 Å². The molecular formula is C9H16N4O. The Morgan fingerprint density at radius 1 is 1.50 bits per heavy atom. The molecule has 4 N–H and O–H groups in total. The van der Waals surface area contributed by atoms with Crippen molar-refractivity contribution in [1.29, 1.82) is 0 Å². The van der Waals surface area contributed by atoms with Crippen molar-refractivity contribution in [2.45, 2.75) is 6.54 Å². The van der Waals surface area contributed by atoms with Crippen LogP contribution in [0.15, 0.2) is 18.3 Å². The number of aromatic nitrogens is 1. The number of rotatable bonds is 6. The van der Waals surface area contributed by atoms with Gasteiger partial charge in [-0.15, -0.1) is 0 Å². The monoisotopic (exact) mass is 196 g/mol. The first-order valence-electron chi connectivity index (χ1n) is 4.48. The average molecular weight is 196 g/mol. The molecule has 78 valence electrons. The molecule has 0 bridgehead atoms. The predicted octanol–water partition coefficient (Wildman–Crippen LogP) is 0.103. The van der Waals surface area contributed by atoms with Gasteiger partial charge in [0.15, 0.2) is 0 Å². The molecule has 0 amide bonds. The summed E-state index contributed by atoms with van der Waals surface area (Å²) in [5.74, 6) is 5.87. The molecule has 5 nitrogen and oxygen atoms in total. The molecule has 14 heavy (non-hydrogen) atoms. The van der Waals surface area contributed by atoms with Crippen LogP contribution in [-0.2, 0) is 11.3 Å². The molecule has 0 aliphatic carbocycles. The summed E-state index contributed by atoms with van der Waals surface area (Å²) < 4.78 is 4.91. The summed E-state index contributed by atoms with van der Waals surface area (Å²) in [7, 11) is 1.69. The van der Waals surface area contributed by atoms with Crippen LogP contribution in [0.1, 0.15) is 5.56 Å². The van der Waals surface area contributed by atoms with E-state index in [0.29, 0.717) is 5.82 Å². The molecule has 0 saturated heterocycles. The van der Waals surface area contributed by atoms with E-state index in [2.05, 4.69) is 15.7 Å². The van der Waals surface area contributed by atoms with Crippen LogP contribution < -0.4 is 16.6 Å². The quantitative estimate of drug-likeness (QED) is 0.342. The number of hydrogen-bond donors (Lipinski definition) is 3. The van der Waals surface area contributed by atoms with Gasteiger partial charge in [0.2, 0.25) is 0 Å². The third-order valence-electron chi connectivity index (χ3n) is 1.78. The Bertz CT molecular complexity index is 249. The Kier molecular flexibility index (Phi) is 4.92. The van der Waals surface area contributed by atoms with Gasteiger partial charge in [-0.05, 0) is 11.6 Å². The summed E-state index contributed by atoms with van der Waals surface area (Å²) in [6, 6.07) is 3.81. The number of hydrogen-bond acceptors (Lipinski definition) is 5. The van der Waals surface area contributed by atoms with Gasteiger partial charge < -0.3 is 15.5 Å². The van der Waals surface area contributed by atoms with Crippen molar-refractivity contribution in [3.05, 3.63) is 23.9 Å². The normalized spacial score (nSPS) is 10.1. The fraction of sp³-hybridized carbons (Fsp3) is 0.444. The van der Waals surface area contributed by atoms with Crippen LogP contribution in [0, 0.1) is 0 Å². The highest BCUT2D eigenvalue weighted by molar-refractivity contribution is 5.33. The third-order valence-corrected chi connectivity index (χ3v) is 1.78. The minimum absolute atomic E-state index is 0.672. The summed E-state index contributed by atoms with van der Waals surface area (Å²) >= 11 is 0. The van der Waals surface area contributed by atoms with E-state index in [1.54, 1.807) is 13.3 Å². The second kappa shape index (κ2) is 6.31. The number of anilines is 1. The molecule has 0 radical (unpaired) electrons. The van der Waals surface area contributed by atoms with Crippen LogP contribution in [-0.4, -0.2) is 25.2 Å². The molecule has 0 unspecified atom stereocenters. The topological polar surface area (TPSA) is 72.2 Å². The molecule has 1 aromatic heterocycles. The molecule has 0 atom stereocenters. The molecule has 0 spiro atoms. The van der Waals surface area contributed by atoms with Crippen molar-refractivity contribution in [3.63, 3.8) is 0 Å². The Balaban J connectivity index is 2.29. The lowest BCUT2D eigenvalue weighted by atomic mass is 10.3. The maximum atomic E-state index is 5.19. The van der Waals surface area contributed by atoms with Gasteiger partial charge in [-0.2, -0.15) is 0 Å². The zero-order valence-electron chi connectivity index (χ0n) is 8.29. The van der Waals surface area contributed by atoms with E-state index in [1.807, 2.05) is 12.1 Å². The number of methoxy groups -OCH3 is 1. The molecule has 5 heteroatoms. The molecule has 0 aliphatic rings. The van der Waals surface area contributed by atoms with Crippen LogP contribution >= 0.6 is 0 Å². The number of nitrogen functional groups attached to an aromatic ring is 1. The van der Waals surface area contributed by atoms with Crippen LogP contribution in [0.2, 0.25) is 0 Å². The van der Waals surface area contributed by atoms with Crippen molar-refractivity contribution in [3.8, 4) is 0 Å². The number of nitrogens with zero attached hydrogens (tertiary/aromatic N) is 1. The number of hydrazine groups is 1. The van der Waals surface area contributed by atoms with Crippen molar-refractivity contribution < 1.29 is 4.74 Å². The molecule has 0 fully saturated rings. The van der Waals surface area contributed by atoms with Gasteiger partial charge in [0, 0.05) is 26.4 Å². The van der Waals surface area contributed by atoms with E-state index in [9.17, 15) is 0 Å². The lowest BCUT2D eigenvalue weighted by Crippen LogP contribution is -2.18. The van der Waals surface area contributed by atoms with Crippen LogP contribution in [0.5, 0.6) is 0 Å². The fourth-order valence-corrected chi connectivity index (χ4v) is 1.02. The molecule has 1 rings (SSSR count). The maximum absolute atomic E-state index is 5.19. The molecular weight excluding hydrogens is 180 g/mol. The van der Waals surface area contributed by atoms with Gasteiger partial charge >= 0.3 is 0 Å². The van der Waals surface area contributed by atoms with Gasteiger partial charge in [-0.1, -0.05) is 6.07 Å². The smallest absolute Gasteiger partial charge is 0.139 e.